The average molecular weight is 473 g/mol. The molecule has 6 rings (SSSR count). The average Bonchev–Trinajstić information content (AvgIpc) is 2.72. The van der Waals surface area contributed by atoms with E-state index in [1.165, 1.54) is 35.7 Å². The number of nitrogens with one attached hydrogen (secondary N) is 1. The van der Waals surface area contributed by atoms with Crippen LogP contribution in [0.5, 0.6) is 0 Å². The molecule has 7 heteroatoms. The van der Waals surface area contributed by atoms with Crippen molar-refractivity contribution in [2.24, 2.45) is 17.8 Å². The monoisotopic (exact) mass is 472 g/mol. The number of carbonyl (C=O) groups excluding carboxylic acids is 1. The topological polar surface area (TPSA) is 66.5 Å². The summed E-state index contributed by atoms with van der Waals surface area (Å²) < 4.78 is 28.3. The van der Waals surface area contributed by atoms with E-state index in [1.54, 1.807) is 24.3 Å². The molecule has 5 nitrogen and oxygen atoms in total. The van der Waals surface area contributed by atoms with Crippen molar-refractivity contribution < 1.29 is 13.2 Å². The standard InChI is InChI=1S/C25H29ClN2O3S/c1-17-2-6-22(7-3-17)28(32(30,31)23-8-4-21(26)5-9-23)16-24(29)27-25-13-18-10-19(14-25)12-20(11-18)15-25/h2-9,18-20H,10-16H2,1H3,(H,27,29). The molecule has 4 bridgehead atoms. The van der Waals surface area contributed by atoms with Gasteiger partial charge in [0, 0.05) is 10.6 Å². The minimum absolute atomic E-state index is 0.116. The highest BCUT2D eigenvalue weighted by atomic mass is 35.5. The Bertz CT molecular complexity index is 1080. The fourth-order valence-corrected chi connectivity index (χ4v) is 8.04. The first kappa shape index (κ1) is 21.8. The van der Waals surface area contributed by atoms with E-state index in [2.05, 4.69) is 5.32 Å². The predicted octanol–water partition coefficient (Wildman–Crippen LogP) is 4.93. The third kappa shape index (κ3) is 4.15. The normalized spacial score (nSPS) is 28.5. The largest absolute Gasteiger partial charge is 0.349 e. The van der Waals surface area contributed by atoms with Crippen molar-refractivity contribution in [1.29, 1.82) is 0 Å². The number of carbonyl (C=O) groups is 1. The number of rotatable bonds is 6. The van der Waals surface area contributed by atoms with E-state index in [-0.39, 0.29) is 22.9 Å². The summed E-state index contributed by atoms with van der Waals surface area (Å²) in [4.78, 5) is 13.4. The molecule has 0 atom stereocenters. The fourth-order valence-electron chi connectivity index (χ4n) is 6.49. The van der Waals surface area contributed by atoms with Gasteiger partial charge in [0.05, 0.1) is 10.6 Å². The molecule has 4 aliphatic carbocycles. The summed E-state index contributed by atoms with van der Waals surface area (Å²) >= 11 is 5.96. The maximum absolute atomic E-state index is 13.5. The van der Waals surface area contributed by atoms with Gasteiger partial charge in [0.1, 0.15) is 6.54 Å². The van der Waals surface area contributed by atoms with Gasteiger partial charge in [-0.25, -0.2) is 8.42 Å². The van der Waals surface area contributed by atoms with E-state index in [1.807, 2.05) is 19.1 Å². The van der Waals surface area contributed by atoms with Crippen LogP contribution >= 0.6 is 11.6 Å². The molecule has 170 valence electrons. The molecular weight excluding hydrogens is 444 g/mol. The van der Waals surface area contributed by atoms with Gasteiger partial charge in [-0.2, -0.15) is 0 Å². The maximum Gasteiger partial charge on any atom is 0.264 e. The first-order chi connectivity index (χ1) is 15.2. The Hall–Kier alpha value is -2.05. The molecule has 32 heavy (non-hydrogen) atoms. The van der Waals surface area contributed by atoms with Crippen molar-refractivity contribution in [2.45, 2.75) is 55.9 Å². The summed E-state index contributed by atoms with van der Waals surface area (Å²) in [6, 6.07) is 13.3. The van der Waals surface area contributed by atoms with Crippen molar-refractivity contribution in [3.8, 4) is 0 Å². The Morgan fingerprint density at radius 2 is 1.50 bits per heavy atom. The summed E-state index contributed by atoms with van der Waals surface area (Å²) in [6.07, 6.45) is 6.94. The second-order valence-corrected chi connectivity index (χ2v) is 12.3. The number of hydrogen-bond donors (Lipinski definition) is 1. The van der Waals surface area contributed by atoms with Gasteiger partial charge < -0.3 is 5.32 Å². The first-order valence-corrected chi connectivity index (χ1v) is 13.2. The molecule has 2 aromatic rings. The van der Waals surface area contributed by atoms with Gasteiger partial charge in [-0.05, 0) is 99.6 Å². The molecule has 1 N–H and O–H groups in total. The Morgan fingerprint density at radius 1 is 0.969 bits per heavy atom. The Balaban J connectivity index is 1.41. The summed E-state index contributed by atoms with van der Waals surface area (Å²) in [5.41, 5.74) is 1.34. The van der Waals surface area contributed by atoms with Gasteiger partial charge in [-0.1, -0.05) is 29.3 Å². The van der Waals surface area contributed by atoms with Crippen LogP contribution in [-0.4, -0.2) is 26.4 Å². The second-order valence-electron chi connectivity index (χ2n) is 10.0. The van der Waals surface area contributed by atoms with Gasteiger partial charge in [-0.3, -0.25) is 9.10 Å². The zero-order chi connectivity index (χ0) is 22.5. The van der Waals surface area contributed by atoms with E-state index in [0.717, 1.165) is 24.8 Å². The SMILES string of the molecule is Cc1ccc(N(CC(=O)NC23CC4CC(CC(C4)C2)C3)S(=O)(=O)c2ccc(Cl)cc2)cc1. The smallest absolute Gasteiger partial charge is 0.264 e. The Labute approximate surface area is 195 Å². The molecular formula is C25H29ClN2O3S. The van der Waals surface area contributed by atoms with Crippen LogP contribution in [0.1, 0.15) is 44.1 Å². The number of aryl methyl sites for hydroxylation is 1. The van der Waals surface area contributed by atoms with Gasteiger partial charge in [-0.15, -0.1) is 0 Å². The fraction of sp³-hybridized carbons (Fsp3) is 0.480. The molecule has 4 fully saturated rings. The molecule has 2 aromatic carbocycles. The molecule has 1 amide bonds. The van der Waals surface area contributed by atoms with Crippen LogP contribution in [0.3, 0.4) is 0 Å². The van der Waals surface area contributed by atoms with E-state index in [4.69, 9.17) is 11.6 Å². The predicted molar refractivity (Wildman–Crippen MR) is 126 cm³/mol. The lowest BCUT2D eigenvalue weighted by Crippen LogP contribution is -2.61. The van der Waals surface area contributed by atoms with Crippen LogP contribution in [0, 0.1) is 24.7 Å². The zero-order valence-electron chi connectivity index (χ0n) is 18.3. The van der Waals surface area contributed by atoms with E-state index in [9.17, 15) is 13.2 Å². The highest BCUT2D eigenvalue weighted by Crippen LogP contribution is 2.55. The summed E-state index contributed by atoms with van der Waals surface area (Å²) in [7, 11) is -3.93. The molecule has 4 aliphatic rings. The Kier molecular flexibility index (Phi) is 5.49. The number of sulfonamides is 1. The summed E-state index contributed by atoms with van der Waals surface area (Å²) in [5.74, 6) is 1.87. The maximum atomic E-state index is 13.5. The van der Waals surface area contributed by atoms with Crippen LogP contribution in [-0.2, 0) is 14.8 Å². The van der Waals surface area contributed by atoms with Crippen molar-refractivity contribution in [1.82, 2.24) is 5.32 Å². The lowest BCUT2D eigenvalue weighted by atomic mass is 9.53. The minimum atomic E-state index is -3.93. The molecule has 0 aromatic heterocycles. The number of hydrogen-bond acceptors (Lipinski definition) is 3. The number of anilines is 1. The molecule has 0 unspecified atom stereocenters. The summed E-state index contributed by atoms with van der Waals surface area (Å²) in [5, 5.41) is 3.77. The molecule has 0 spiro atoms. The molecule has 0 heterocycles. The third-order valence-corrected chi connectivity index (χ3v) is 9.49. The quantitative estimate of drug-likeness (QED) is 0.648. The van der Waals surface area contributed by atoms with Gasteiger partial charge in [0.25, 0.3) is 10.0 Å². The van der Waals surface area contributed by atoms with Gasteiger partial charge >= 0.3 is 0 Å². The number of halogens is 1. The van der Waals surface area contributed by atoms with E-state index in [0.29, 0.717) is 28.5 Å². The van der Waals surface area contributed by atoms with Crippen LogP contribution < -0.4 is 9.62 Å². The van der Waals surface area contributed by atoms with Crippen molar-refractivity contribution in [2.75, 3.05) is 10.8 Å². The van der Waals surface area contributed by atoms with Crippen LogP contribution in [0.4, 0.5) is 5.69 Å². The van der Waals surface area contributed by atoms with Crippen molar-refractivity contribution in [3.63, 3.8) is 0 Å². The third-order valence-electron chi connectivity index (χ3n) is 7.45. The molecule has 0 saturated heterocycles. The highest BCUT2D eigenvalue weighted by Gasteiger charge is 2.51. The van der Waals surface area contributed by atoms with Crippen LogP contribution in [0.2, 0.25) is 5.02 Å². The van der Waals surface area contributed by atoms with Gasteiger partial charge in [0.2, 0.25) is 5.91 Å². The van der Waals surface area contributed by atoms with E-state index >= 15 is 0 Å². The molecule has 4 saturated carbocycles. The zero-order valence-corrected chi connectivity index (χ0v) is 19.8. The number of amides is 1. The van der Waals surface area contributed by atoms with Gasteiger partial charge in [0.15, 0.2) is 0 Å². The van der Waals surface area contributed by atoms with Crippen molar-refractivity contribution >= 4 is 33.2 Å². The van der Waals surface area contributed by atoms with E-state index < -0.39 is 10.0 Å². The molecule has 0 radical (unpaired) electrons. The van der Waals surface area contributed by atoms with Crippen LogP contribution in [0.15, 0.2) is 53.4 Å². The minimum Gasteiger partial charge on any atom is -0.349 e. The molecule has 0 aliphatic heterocycles. The van der Waals surface area contributed by atoms with Crippen molar-refractivity contribution in [3.05, 3.63) is 59.1 Å². The lowest BCUT2D eigenvalue weighted by molar-refractivity contribution is -0.125. The van der Waals surface area contributed by atoms with Crippen LogP contribution in [0.25, 0.3) is 0 Å². The first-order valence-electron chi connectivity index (χ1n) is 11.4. The lowest BCUT2D eigenvalue weighted by Gasteiger charge is -2.57. The second kappa shape index (κ2) is 8.07. The highest BCUT2D eigenvalue weighted by molar-refractivity contribution is 7.92. The summed E-state index contributed by atoms with van der Waals surface area (Å²) in [6.45, 7) is 1.71. The number of benzene rings is 2. The number of nitrogens with zero attached hydrogens (tertiary/aromatic N) is 1. The Morgan fingerprint density at radius 3 is 2.03 bits per heavy atom.